The maximum atomic E-state index is 6.08. The van der Waals surface area contributed by atoms with Crippen LogP contribution in [0.25, 0.3) is 0 Å². The normalized spacial score (nSPS) is 14.9. The van der Waals surface area contributed by atoms with Gasteiger partial charge in [0.15, 0.2) is 5.96 Å². The molecule has 0 heterocycles. The molecular formula is C20H33N3O2. The zero-order chi connectivity index (χ0) is 17.7. The third-order valence-electron chi connectivity index (χ3n) is 4.39. The first-order valence-electron chi connectivity index (χ1n) is 9.60. The van der Waals surface area contributed by atoms with Gasteiger partial charge in [-0.05, 0) is 38.2 Å². The van der Waals surface area contributed by atoms with E-state index in [0.29, 0.717) is 12.6 Å². The predicted molar refractivity (Wildman–Crippen MR) is 103 cm³/mol. The molecule has 1 saturated carbocycles. The molecule has 0 atom stereocenters. The van der Waals surface area contributed by atoms with Crippen molar-refractivity contribution in [3.05, 3.63) is 29.8 Å². The third kappa shape index (κ3) is 7.34. The minimum atomic E-state index is 0.395. The van der Waals surface area contributed by atoms with Crippen molar-refractivity contribution in [3.63, 3.8) is 0 Å². The monoisotopic (exact) mass is 347 g/mol. The number of rotatable bonds is 11. The van der Waals surface area contributed by atoms with Crippen LogP contribution < -0.4 is 15.4 Å². The number of para-hydroxylation sites is 1. The van der Waals surface area contributed by atoms with Crippen molar-refractivity contribution in [1.29, 1.82) is 0 Å². The van der Waals surface area contributed by atoms with Crippen LogP contribution in [0.5, 0.6) is 5.75 Å². The Morgan fingerprint density at radius 2 is 1.96 bits per heavy atom. The van der Waals surface area contributed by atoms with Gasteiger partial charge < -0.3 is 20.1 Å². The van der Waals surface area contributed by atoms with E-state index in [1.165, 1.54) is 31.2 Å². The van der Waals surface area contributed by atoms with Gasteiger partial charge >= 0.3 is 0 Å². The second-order valence-corrected chi connectivity index (χ2v) is 6.45. The van der Waals surface area contributed by atoms with Crippen molar-refractivity contribution >= 4 is 5.96 Å². The quantitative estimate of drug-likeness (QED) is 0.365. The highest BCUT2D eigenvalue weighted by Crippen LogP contribution is 2.27. The molecule has 140 valence electrons. The van der Waals surface area contributed by atoms with Gasteiger partial charge in [0, 0.05) is 38.9 Å². The summed E-state index contributed by atoms with van der Waals surface area (Å²) in [7, 11) is 1.80. The Bertz CT molecular complexity index is 515. The molecule has 0 aromatic heterocycles. The molecular weight excluding hydrogens is 314 g/mol. The first-order valence-corrected chi connectivity index (χ1v) is 9.60. The average molecular weight is 348 g/mol. The number of guanidine groups is 1. The van der Waals surface area contributed by atoms with Crippen LogP contribution in [-0.2, 0) is 11.3 Å². The van der Waals surface area contributed by atoms with Crippen molar-refractivity contribution in [1.82, 2.24) is 10.6 Å². The van der Waals surface area contributed by atoms with Crippen LogP contribution in [-0.4, -0.2) is 38.9 Å². The fourth-order valence-corrected chi connectivity index (χ4v) is 2.56. The Morgan fingerprint density at radius 1 is 1.16 bits per heavy atom. The number of aliphatic imine (C=N–C) groups is 1. The maximum absolute atomic E-state index is 6.08. The average Bonchev–Trinajstić information content (AvgIpc) is 2.60. The van der Waals surface area contributed by atoms with Crippen LogP contribution in [0.2, 0.25) is 0 Å². The summed E-state index contributed by atoms with van der Waals surface area (Å²) in [5, 5.41) is 6.70. The number of benzene rings is 1. The summed E-state index contributed by atoms with van der Waals surface area (Å²) in [4.78, 5) is 4.28. The van der Waals surface area contributed by atoms with E-state index < -0.39 is 0 Å². The molecule has 1 aromatic rings. The first-order chi connectivity index (χ1) is 12.3. The van der Waals surface area contributed by atoms with Gasteiger partial charge in [0.05, 0.1) is 6.10 Å². The highest BCUT2D eigenvalue weighted by Gasteiger charge is 2.20. The molecule has 0 unspecified atom stereocenters. The molecule has 5 heteroatoms. The minimum absolute atomic E-state index is 0.395. The molecule has 1 aromatic carbocycles. The number of hydrogen-bond acceptors (Lipinski definition) is 3. The Morgan fingerprint density at radius 3 is 2.68 bits per heavy atom. The van der Waals surface area contributed by atoms with Gasteiger partial charge in [-0.25, -0.2) is 0 Å². The van der Waals surface area contributed by atoms with Crippen molar-refractivity contribution < 1.29 is 9.47 Å². The summed E-state index contributed by atoms with van der Waals surface area (Å²) in [6.45, 7) is 5.39. The largest absolute Gasteiger partial charge is 0.490 e. The van der Waals surface area contributed by atoms with Crippen LogP contribution in [0.4, 0.5) is 0 Å². The first kappa shape index (κ1) is 19.6. The predicted octanol–water partition coefficient (Wildman–Crippen LogP) is 3.49. The fourth-order valence-electron chi connectivity index (χ4n) is 2.56. The number of ether oxygens (including phenoxy) is 2. The molecule has 1 aliphatic rings. The van der Waals surface area contributed by atoms with E-state index >= 15 is 0 Å². The highest BCUT2D eigenvalue weighted by atomic mass is 16.5. The summed E-state index contributed by atoms with van der Waals surface area (Å²) in [5.74, 6) is 1.80. The van der Waals surface area contributed by atoms with E-state index in [0.717, 1.165) is 44.3 Å². The van der Waals surface area contributed by atoms with Gasteiger partial charge in [-0.2, -0.15) is 0 Å². The lowest BCUT2D eigenvalue weighted by Gasteiger charge is -2.27. The van der Waals surface area contributed by atoms with Gasteiger partial charge in [0.2, 0.25) is 0 Å². The topological polar surface area (TPSA) is 54.9 Å². The van der Waals surface area contributed by atoms with Gasteiger partial charge in [0.1, 0.15) is 5.75 Å². The van der Waals surface area contributed by atoms with Crippen LogP contribution in [0.3, 0.4) is 0 Å². The zero-order valence-electron chi connectivity index (χ0n) is 15.7. The molecule has 0 bridgehead atoms. The summed E-state index contributed by atoms with van der Waals surface area (Å²) in [6, 6.07) is 8.24. The highest BCUT2D eigenvalue weighted by molar-refractivity contribution is 5.79. The molecule has 0 aliphatic heterocycles. The number of unbranched alkanes of at least 4 members (excludes halogenated alkanes) is 1. The lowest BCUT2D eigenvalue weighted by Crippen LogP contribution is -2.37. The molecule has 25 heavy (non-hydrogen) atoms. The fraction of sp³-hybridized carbons (Fsp3) is 0.650. The van der Waals surface area contributed by atoms with Crippen molar-refractivity contribution in [2.45, 2.75) is 58.1 Å². The Kier molecular flexibility index (Phi) is 9.19. The summed E-state index contributed by atoms with van der Waals surface area (Å²) >= 11 is 0. The summed E-state index contributed by atoms with van der Waals surface area (Å²) < 4.78 is 11.6. The van der Waals surface area contributed by atoms with E-state index in [1.807, 2.05) is 6.07 Å². The van der Waals surface area contributed by atoms with Crippen molar-refractivity contribution in [2.75, 3.05) is 26.8 Å². The Hall–Kier alpha value is -1.75. The summed E-state index contributed by atoms with van der Waals surface area (Å²) in [6.07, 6.45) is 7.32. The second kappa shape index (κ2) is 11.7. The van der Waals surface area contributed by atoms with E-state index in [2.05, 4.69) is 40.7 Å². The molecule has 2 rings (SSSR count). The zero-order valence-corrected chi connectivity index (χ0v) is 15.7. The molecule has 0 amide bonds. The van der Waals surface area contributed by atoms with E-state index in [9.17, 15) is 0 Å². The number of nitrogens with zero attached hydrogens (tertiary/aromatic N) is 1. The van der Waals surface area contributed by atoms with Crippen LogP contribution in [0, 0.1) is 0 Å². The van der Waals surface area contributed by atoms with Gasteiger partial charge in [-0.1, -0.05) is 31.5 Å². The minimum Gasteiger partial charge on any atom is -0.490 e. The molecule has 0 spiro atoms. The third-order valence-corrected chi connectivity index (χ3v) is 4.39. The smallest absolute Gasteiger partial charge is 0.191 e. The van der Waals surface area contributed by atoms with E-state index in [1.54, 1.807) is 7.05 Å². The van der Waals surface area contributed by atoms with Crippen molar-refractivity contribution in [3.8, 4) is 5.75 Å². The van der Waals surface area contributed by atoms with Crippen LogP contribution >= 0.6 is 0 Å². The lowest BCUT2D eigenvalue weighted by molar-refractivity contribution is 0.119. The molecule has 0 saturated heterocycles. The molecule has 2 N–H and O–H groups in total. The number of hydrogen-bond donors (Lipinski definition) is 2. The van der Waals surface area contributed by atoms with Crippen LogP contribution in [0.1, 0.15) is 51.0 Å². The van der Waals surface area contributed by atoms with E-state index in [-0.39, 0.29) is 0 Å². The molecule has 5 nitrogen and oxygen atoms in total. The van der Waals surface area contributed by atoms with Gasteiger partial charge in [0.25, 0.3) is 0 Å². The number of nitrogens with one attached hydrogen (secondary N) is 2. The summed E-state index contributed by atoms with van der Waals surface area (Å²) in [5.41, 5.74) is 1.17. The van der Waals surface area contributed by atoms with Gasteiger partial charge in [-0.15, -0.1) is 0 Å². The standard InChI is InChI=1S/C20H33N3O2/c1-3-4-14-24-15-8-13-22-20(21-2)23-16-17-9-5-6-12-19(17)25-18-10-7-11-18/h5-6,9,12,18H,3-4,7-8,10-11,13-16H2,1-2H3,(H2,21,22,23). The molecule has 0 radical (unpaired) electrons. The SMILES string of the molecule is CCCCOCCCNC(=NC)NCc1ccccc1OC1CCC1. The Balaban J connectivity index is 1.68. The molecule has 1 aliphatic carbocycles. The molecule has 1 fully saturated rings. The van der Waals surface area contributed by atoms with Crippen molar-refractivity contribution in [2.24, 2.45) is 4.99 Å². The maximum Gasteiger partial charge on any atom is 0.191 e. The van der Waals surface area contributed by atoms with Gasteiger partial charge in [-0.3, -0.25) is 4.99 Å². The lowest BCUT2D eigenvalue weighted by atomic mass is 9.96. The van der Waals surface area contributed by atoms with Crippen LogP contribution in [0.15, 0.2) is 29.3 Å². The Labute approximate surface area is 152 Å². The second-order valence-electron chi connectivity index (χ2n) is 6.45. The van der Waals surface area contributed by atoms with E-state index in [4.69, 9.17) is 9.47 Å².